The van der Waals surface area contributed by atoms with Gasteiger partial charge in [0.1, 0.15) is 5.57 Å². The number of hydrogen-bond donors (Lipinski definition) is 0. The maximum absolute atomic E-state index is 13.5. The molecule has 1 saturated heterocycles. The molecule has 1 aliphatic heterocycles. The molecule has 2 amide bonds. The average Bonchev–Trinajstić information content (AvgIpc) is 3.06. The van der Waals surface area contributed by atoms with Crippen LogP contribution in [0.3, 0.4) is 0 Å². The first-order valence-electron chi connectivity index (χ1n) is 10.8. The van der Waals surface area contributed by atoms with Crippen LogP contribution in [0.25, 0.3) is 11.8 Å². The number of anilines is 1. The second-order valence-corrected chi connectivity index (χ2v) is 8.93. The van der Waals surface area contributed by atoms with Gasteiger partial charge in [0.2, 0.25) is 0 Å². The summed E-state index contributed by atoms with van der Waals surface area (Å²) in [5.41, 5.74) is 8.13. The number of carbonyl (C=O) groups is 2. The number of carbonyl (C=O) groups excluding carboxylic acids is 2. The molecule has 1 aliphatic rings. The number of benzene rings is 2. The van der Waals surface area contributed by atoms with Crippen LogP contribution in [0.1, 0.15) is 33.6 Å². The summed E-state index contributed by atoms with van der Waals surface area (Å²) < 4.78 is 2.17. The number of aryl methyl sites for hydroxylation is 3. The van der Waals surface area contributed by atoms with Crippen molar-refractivity contribution in [3.8, 4) is 5.69 Å². The first-order valence-corrected chi connectivity index (χ1v) is 11.2. The Morgan fingerprint density at radius 3 is 2.21 bits per heavy atom. The Morgan fingerprint density at radius 1 is 0.879 bits per heavy atom. The van der Waals surface area contributed by atoms with Crippen molar-refractivity contribution in [2.45, 2.75) is 34.6 Å². The fourth-order valence-corrected chi connectivity index (χ4v) is 4.47. The molecule has 0 unspecified atom stereocenters. The predicted octanol–water partition coefficient (Wildman–Crippen LogP) is 5.19. The van der Waals surface area contributed by atoms with Crippen LogP contribution in [0.4, 0.5) is 5.69 Å². The third-order valence-corrected chi connectivity index (χ3v) is 6.78. The standard InChI is InChI=1S/C27H27N3O2S/c1-16-10-12-22(13-11-16)30-26(32)23(25(31)28(6)27(30)33)15-21-14-18(3)29(20(21)5)24-9-7-8-17(2)19(24)4/h7-15H,1-6H3. The van der Waals surface area contributed by atoms with Crippen molar-refractivity contribution in [1.29, 1.82) is 0 Å². The zero-order valence-corrected chi connectivity index (χ0v) is 20.6. The van der Waals surface area contributed by atoms with Crippen molar-refractivity contribution in [3.63, 3.8) is 0 Å². The molecule has 0 bridgehead atoms. The lowest BCUT2D eigenvalue weighted by Gasteiger charge is -2.34. The lowest BCUT2D eigenvalue weighted by Crippen LogP contribution is -2.54. The summed E-state index contributed by atoms with van der Waals surface area (Å²) in [6, 6.07) is 15.7. The van der Waals surface area contributed by atoms with Gasteiger partial charge in [-0.3, -0.25) is 19.4 Å². The summed E-state index contributed by atoms with van der Waals surface area (Å²) in [6.07, 6.45) is 1.69. The minimum absolute atomic E-state index is 0.0906. The molecule has 0 spiro atoms. The smallest absolute Gasteiger partial charge is 0.270 e. The van der Waals surface area contributed by atoms with E-state index >= 15 is 0 Å². The van der Waals surface area contributed by atoms with Gasteiger partial charge < -0.3 is 4.57 Å². The number of hydrogen-bond acceptors (Lipinski definition) is 3. The molecule has 0 aliphatic carbocycles. The second-order valence-electron chi connectivity index (χ2n) is 8.56. The van der Waals surface area contributed by atoms with Gasteiger partial charge in [0.05, 0.1) is 5.69 Å². The Labute approximate surface area is 199 Å². The lowest BCUT2D eigenvalue weighted by atomic mass is 10.1. The molecule has 0 saturated carbocycles. The third kappa shape index (κ3) is 3.80. The molecule has 5 nitrogen and oxygen atoms in total. The molecular formula is C27H27N3O2S. The Kier molecular flexibility index (Phi) is 5.80. The zero-order chi connectivity index (χ0) is 24.0. The fourth-order valence-electron chi connectivity index (χ4n) is 4.20. The number of amides is 2. The zero-order valence-electron chi connectivity index (χ0n) is 19.8. The Balaban J connectivity index is 1.82. The van der Waals surface area contributed by atoms with Crippen molar-refractivity contribution < 1.29 is 9.59 Å². The number of likely N-dealkylation sites (N-methyl/N-ethyl adjacent to an activating group) is 1. The quantitative estimate of drug-likeness (QED) is 0.309. The molecule has 1 fully saturated rings. The summed E-state index contributed by atoms with van der Waals surface area (Å²) in [7, 11) is 1.60. The largest absolute Gasteiger partial charge is 0.318 e. The monoisotopic (exact) mass is 457 g/mol. The Morgan fingerprint density at radius 2 is 1.55 bits per heavy atom. The van der Waals surface area contributed by atoms with Crippen LogP contribution in [-0.4, -0.2) is 33.4 Å². The average molecular weight is 458 g/mol. The van der Waals surface area contributed by atoms with Gasteiger partial charge in [-0.1, -0.05) is 29.8 Å². The summed E-state index contributed by atoms with van der Waals surface area (Å²) in [6.45, 7) is 10.2. The van der Waals surface area contributed by atoms with E-state index in [1.54, 1.807) is 13.1 Å². The number of thiocarbonyl (C=S) groups is 1. The van der Waals surface area contributed by atoms with E-state index in [-0.39, 0.29) is 10.7 Å². The van der Waals surface area contributed by atoms with Crippen LogP contribution >= 0.6 is 12.2 Å². The van der Waals surface area contributed by atoms with Gasteiger partial charge in [-0.2, -0.15) is 0 Å². The van der Waals surface area contributed by atoms with E-state index in [0.29, 0.717) is 5.69 Å². The minimum atomic E-state index is -0.413. The number of rotatable bonds is 3. The van der Waals surface area contributed by atoms with Crippen molar-refractivity contribution >= 4 is 40.9 Å². The number of nitrogens with zero attached hydrogens (tertiary/aromatic N) is 3. The lowest BCUT2D eigenvalue weighted by molar-refractivity contribution is -0.127. The van der Waals surface area contributed by atoms with E-state index in [2.05, 4.69) is 30.5 Å². The topological polar surface area (TPSA) is 45.6 Å². The van der Waals surface area contributed by atoms with E-state index in [0.717, 1.165) is 28.2 Å². The van der Waals surface area contributed by atoms with Gasteiger partial charge >= 0.3 is 0 Å². The molecule has 3 aromatic rings. The molecule has 0 radical (unpaired) electrons. The van der Waals surface area contributed by atoms with Crippen LogP contribution in [0.15, 0.2) is 54.1 Å². The van der Waals surface area contributed by atoms with E-state index in [1.165, 1.54) is 20.9 Å². The molecule has 6 heteroatoms. The maximum Gasteiger partial charge on any atom is 0.270 e. The molecule has 4 rings (SSSR count). The first kappa shape index (κ1) is 22.7. The second kappa shape index (κ2) is 8.45. The maximum atomic E-state index is 13.5. The predicted molar refractivity (Wildman–Crippen MR) is 137 cm³/mol. The van der Waals surface area contributed by atoms with E-state index in [1.807, 2.05) is 57.2 Å². The molecule has 0 N–H and O–H groups in total. The summed E-state index contributed by atoms with van der Waals surface area (Å²) in [5.74, 6) is -0.812. The van der Waals surface area contributed by atoms with Crippen molar-refractivity contribution in [2.75, 3.05) is 11.9 Å². The summed E-state index contributed by atoms with van der Waals surface area (Å²) in [4.78, 5) is 29.3. The third-order valence-electron chi connectivity index (χ3n) is 6.33. The molecule has 33 heavy (non-hydrogen) atoms. The van der Waals surface area contributed by atoms with Crippen LogP contribution in [-0.2, 0) is 9.59 Å². The number of aromatic nitrogens is 1. The minimum Gasteiger partial charge on any atom is -0.318 e. The van der Waals surface area contributed by atoms with E-state index < -0.39 is 11.8 Å². The highest BCUT2D eigenvalue weighted by molar-refractivity contribution is 7.80. The Bertz CT molecular complexity index is 1330. The van der Waals surface area contributed by atoms with Gasteiger partial charge in [-0.15, -0.1) is 0 Å². The fraction of sp³-hybridized carbons (Fsp3) is 0.222. The molecular weight excluding hydrogens is 430 g/mol. The normalized spacial score (nSPS) is 15.7. The van der Waals surface area contributed by atoms with Gasteiger partial charge in [0.15, 0.2) is 5.11 Å². The highest BCUT2D eigenvalue weighted by atomic mass is 32.1. The SMILES string of the molecule is Cc1ccc(N2C(=O)C(=Cc3cc(C)n(-c4cccc(C)c4C)c3C)C(=O)N(C)C2=S)cc1. The van der Waals surface area contributed by atoms with Crippen molar-refractivity contribution in [3.05, 3.63) is 87.7 Å². The molecule has 2 aromatic carbocycles. The van der Waals surface area contributed by atoms with Crippen molar-refractivity contribution in [1.82, 2.24) is 9.47 Å². The summed E-state index contributed by atoms with van der Waals surface area (Å²) >= 11 is 5.46. The van der Waals surface area contributed by atoms with Crippen LogP contribution in [0.5, 0.6) is 0 Å². The first-order chi connectivity index (χ1) is 15.6. The van der Waals surface area contributed by atoms with Gasteiger partial charge in [-0.05, 0) is 93.9 Å². The van der Waals surface area contributed by atoms with Crippen molar-refractivity contribution in [2.24, 2.45) is 0 Å². The Hall–Kier alpha value is -3.51. The highest BCUT2D eigenvalue weighted by Crippen LogP contribution is 2.29. The van der Waals surface area contributed by atoms with Crippen LogP contribution in [0.2, 0.25) is 0 Å². The van der Waals surface area contributed by atoms with E-state index in [9.17, 15) is 9.59 Å². The van der Waals surface area contributed by atoms with Crippen LogP contribution in [0, 0.1) is 34.6 Å². The van der Waals surface area contributed by atoms with E-state index in [4.69, 9.17) is 12.2 Å². The summed E-state index contributed by atoms with van der Waals surface area (Å²) in [5, 5.41) is 0.173. The molecule has 2 heterocycles. The van der Waals surface area contributed by atoms with Gasteiger partial charge in [0, 0.05) is 24.1 Å². The van der Waals surface area contributed by atoms with Gasteiger partial charge in [-0.25, -0.2) is 0 Å². The van der Waals surface area contributed by atoms with Crippen LogP contribution < -0.4 is 4.90 Å². The molecule has 168 valence electrons. The van der Waals surface area contributed by atoms with Gasteiger partial charge in [0.25, 0.3) is 11.8 Å². The molecule has 1 aromatic heterocycles. The molecule has 0 atom stereocenters. The highest BCUT2D eigenvalue weighted by Gasteiger charge is 2.38.